The minimum atomic E-state index is -0.110. The van der Waals surface area contributed by atoms with Gasteiger partial charge in [0.15, 0.2) is 4.96 Å². The second kappa shape index (κ2) is 5.01. The molecule has 3 heterocycles. The van der Waals surface area contributed by atoms with Gasteiger partial charge in [-0.25, -0.2) is 4.98 Å². The van der Waals surface area contributed by atoms with E-state index in [4.69, 9.17) is 4.74 Å². The maximum Gasteiger partial charge on any atom is 0.258 e. The van der Waals surface area contributed by atoms with Crippen LogP contribution in [0.3, 0.4) is 0 Å². The van der Waals surface area contributed by atoms with E-state index >= 15 is 0 Å². The van der Waals surface area contributed by atoms with E-state index < -0.39 is 0 Å². The maximum absolute atomic E-state index is 11.8. The summed E-state index contributed by atoms with van der Waals surface area (Å²) in [7, 11) is 0. The van der Waals surface area contributed by atoms with E-state index in [2.05, 4.69) is 15.2 Å². The molecule has 0 bridgehead atoms. The highest BCUT2D eigenvalue weighted by Gasteiger charge is 2.05. The molecule has 0 fully saturated rings. The topological polar surface area (TPSA) is 69.4 Å². The third-order valence-electron chi connectivity index (χ3n) is 2.93. The van der Waals surface area contributed by atoms with Crippen LogP contribution in [-0.4, -0.2) is 19.6 Å². The smallest absolute Gasteiger partial charge is 0.258 e. The zero-order valence-electron chi connectivity index (χ0n) is 11.0. The molecule has 3 aromatic heterocycles. The molecule has 0 amide bonds. The number of ether oxygens (including phenoxy) is 1. The minimum absolute atomic E-state index is 0.110. The molecule has 0 N–H and O–H groups in total. The van der Waals surface area contributed by atoms with Gasteiger partial charge in [-0.2, -0.15) is 5.10 Å². The Morgan fingerprint density at radius 1 is 1.30 bits per heavy atom. The van der Waals surface area contributed by atoms with Crippen LogP contribution in [0.5, 0.6) is 5.88 Å². The molecule has 0 saturated carbocycles. The summed E-state index contributed by atoms with van der Waals surface area (Å²) in [5.74, 6) is 0.432. The molecule has 0 atom stereocenters. The molecular weight excluding hydrogens is 276 g/mol. The molecule has 0 saturated heterocycles. The molecule has 0 spiro atoms. The fourth-order valence-corrected chi connectivity index (χ4v) is 2.44. The van der Waals surface area contributed by atoms with Gasteiger partial charge in [0.2, 0.25) is 5.88 Å². The quantitative estimate of drug-likeness (QED) is 0.734. The second-order valence-electron chi connectivity index (χ2n) is 4.38. The lowest BCUT2D eigenvalue weighted by Gasteiger charge is -2.05. The number of aromatic nitrogens is 4. The van der Waals surface area contributed by atoms with Crippen molar-refractivity contribution in [2.24, 2.45) is 0 Å². The summed E-state index contributed by atoms with van der Waals surface area (Å²) in [6.45, 7) is 4.03. The van der Waals surface area contributed by atoms with Crippen molar-refractivity contribution in [3.05, 3.63) is 51.0 Å². The summed E-state index contributed by atoms with van der Waals surface area (Å²) in [6.07, 6.45) is 1.70. The van der Waals surface area contributed by atoms with E-state index in [9.17, 15) is 4.79 Å². The Morgan fingerprint density at radius 3 is 2.95 bits per heavy atom. The molecular formula is C13H12N4O2S. The van der Waals surface area contributed by atoms with Crippen LogP contribution in [0.1, 0.15) is 17.0 Å². The summed E-state index contributed by atoms with van der Waals surface area (Å²) < 4.78 is 7.03. The van der Waals surface area contributed by atoms with Crippen LogP contribution < -0.4 is 10.3 Å². The van der Waals surface area contributed by atoms with Crippen molar-refractivity contribution in [2.45, 2.75) is 20.5 Å². The number of hydrogen-bond donors (Lipinski definition) is 0. The molecule has 6 nitrogen and oxygen atoms in total. The van der Waals surface area contributed by atoms with Crippen LogP contribution in [0.25, 0.3) is 4.96 Å². The Morgan fingerprint density at radius 2 is 2.15 bits per heavy atom. The molecule has 102 valence electrons. The number of thiazole rings is 1. The molecule has 3 aromatic rings. The van der Waals surface area contributed by atoms with Gasteiger partial charge >= 0.3 is 0 Å². The molecule has 0 aliphatic heterocycles. The number of hydrogen-bond acceptors (Lipinski definition) is 6. The van der Waals surface area contributed by atoms with Gasteiger partial charge in [-0.15, -0.1) is 16.4 Å². The molecule has 7 heteroatoms. The summed E-state index contributed by atoms with van der Waals surface area (Å²) in [5, 5.41) is 9.76. The zero-order chi connectivity index (χ0) is 14.1. The van der Waals surface area contributed by atoms with Gasteiger partial charge in [0.25, 0.3) is 5.56 Å². The lowest BCUT2D eigenvalue weighted by Crippen LogP contribution is -2.14. The fraction of sp³-hybridized carbons (Fsp3) is 0.231. The first-order chi connectivity index (χ1) is 9.63. The Kier molecular flexibility index (Phi) is 3.19. The van der Waals surface area contributed by atoms with E-state index in [1.165, 1.54) is 21.8 Å². The first-order valence-corrected chi connectivity index (χ1v) is 6.91. The molecule has 3 rings (SSSR count). The van der Waals surface area contributed by atoms with Crippen molar-refractivity contribution in [3.8, 4) is 5.88 Å². The van der Waals surface area contributed by atoms with E-state index in [1.54, 1.807) is 6.20 Å². The molecule has 0 radical (unpaired) electrons. The van der Waals surface area contributed by atoms with Crippen molar-refractivity contribution < 1.29 is 4.74 Å². The summed E-state index contributed by atoms with van der Waals surface area (Å²) in [5.41, 5.74) is 2.35. The number of aryl methyl sites for hydroxylation is 2. The van der Waals surface area contributed by atoms with E-state index in [0.29, 0.717) is 16.5 Å². The van der Waals surface area contributed by atoms with Gasteiger partial charge in [-0.1, -0.05) is 0 Å². The molecule has 20 heavy (non-hydrogen) atoms. The number of nitrogens with zero attached hydrogens (tertiary/aromatic N) is 4. The third-order valence-corrected chi connectivity index (χ3v) is 3.69. The first kappa shape index (κ1) is 12.7. The van der Waals surface area contributed by atoms with Crippen LogP contribution >= 0.6 is 11.3 Å². The first-order valence-electron chi connectivity index (χ1n) is 6.03. The van der Waals surface area contributed by atoms with Crippen molar-refractivity contribution in [1.29, 1.82) is 0 Å². The largest absolute Gasteiger partial charge is 0.470 e. The van der Waals surface area contributed by atoms with Gasteiger partial charge in [-0.3, -0.25) is 9.20 Å². The summed E-state index contributed by atoms with van der Waals surface area (Å²) in [4.78, 5) is 16.8. The van der Waals surface area contributed by atoms with Gasteiger partial charge < -0.3 is 4.74 Å². The predicted molar refractivity (Wildman–Crippen MR) is 75.2 cm³/mol. The average molecular weight is 288 g/mol. The SMILES string of the molecule is Cc1cc(OCc2cc(=O)n3ccsc3n2)nnc1C. The predicted octanol–water partition coefficient (Wildman–Crippen LogP) is 1.74. The second-order valence-corrected chi connectivity index (χ2v) is 5.25. The Bertz CT molecular complexity index is 825. The van der Waals surface area contributed by atoms with E-state index in [1.807, 2.05) is 25.3 Å². The van der Waals surface area contributed by atoms with Gasteiger partial charge in [-0.05, 0) is 19.4 Å². The number of fused-ring (bicyclic) bond motifs is 1. The zero-order valence-corrected chi connectivity index (χ0v) is 11.8. The van der Waals surface area contributed by atoms with Crippen molar-refractivity contribution in [3.63, 3.8) is 0 Å². The fourth-order valence-electron chi connectivity index (χ4n) is 1.70. The third kappa shape index (κ3) is 2.39. The molecule has 0 aliphatic rings. The maximum atomic E-state index is 11.8. The standard InChI is InChI=1S/C13H12N4O2S/c1-8-5-11(16-15-9(8)2)19-7-10-6-12(18)17-3-4-20-13(17)14-10/h3-6H,7H2,1-2H3. The van der Waals surface area contributed by atoms with Gasteiger partial charge in [0, 0.05) is 23.7 Å². The van der Waals surface area contributed by atoms with Crippen molar-refractivity contribution in [2.75, 3.05) is 0 Å². The van der Waals surface area contributed by atoms with Crippen LogP contribution in [0, 0.1) is 13.8 Å². The monoisotopic (exact) mass is 288 g/mol. The molecule has 0 aliphatic carbocycles. The van der Waals surface area contributed by atoms with Crippen molar-refractivity contribution >= 4 is 16.3 Å². The molecule has 0 unspecified atom stereocenters. The molecule has 0 aromatic carbocycles. The normalized spacial score (nSPS) is 10.9. The highest BCUT2D eigenvalue weighted by atomic mass is 32.1. The van der Waals surface area contributed by atoms with Gasteiger partial charge in [0.1, 0.15) is 6.61 Å². The highest BCUT2D eigenvalue weighted by Crippen LogP contribution is 2.12. The van der Waals surface area contributed by atoms with Crippen LogP contribution in [-0.2, 0) is 6.61 Å². The Balaban J connectivity index is 1.82. The van der Waals surface area contributed by atoms with Crippen LogP contribution in [0.4, 0.5) is 0 Å². The lowest BCUT2D eigenvalue weighted by atomic mass is 10.2. The van der Waals surface area contributed by atoms with Gasteiger partial charge in [0.05, 0.1) is 11.4 Å². The average Bonchev–Trinajstić information content (AvgIpc) is 2.89. The van der Waals surface area contributed by atoms with E-state index in [-0.39, 0.29) is 12.2 Å². The minimum Gasteiger partial charge on any atom is -0.470 e. The van der Waals surface area contributed by atoms with E-state index in [0.717, 1.165) is 11.3 Å². The Labute approximate surface area is 118 Å². The summed E-state index contributed by atoms with van der Waals surface area (Å²) in [6, 6.07) is 3.28. The lowest BCUT2D eigenvalue weighted by molar-refractivity contribution is 0.285. The van der Waals surface area contributed by atoms with Crippen LogP contribution in [0.15, 0.2) is 28.5 Å². The van der Waals surface area contributed by atoms with Crippen LogP contribution in [0.2, 0.25) is 0 Å². The Hall–Kier alpha value is -2.28. The highest BCUT2D eigenvalue weighted by molar-refractivity contribution is 7.15. The summed E-state index contributed by atoms with van der Waals surface area (Å²) >= 11 is 1.41. The van der Waals surface area contributed by atoms with Crippen molar-refractivity contribution in [1.82, 2.24) is 19.6 Å². The number of rotatable bonds is 3.